The highest BCUT2D eigenvalue weighted by Crippen LogP contribution is 2.46. The lowest BCUT2D eigenvalue weighted by Gasteiger charge is -2.32. The Morgan fingerprint density at radius 2 is 1.75 bits per heavy atom. The lowest BCUT2D eigenvalue weighted by molar-refractivity contribution is -0.122. The van der Waals surface area contributed by atoms with Gasteiger partial charge in [-0.2, -0.15) is 0 Å². The third kappa shape index (κ3) is 1.73. The first-order valence-electron chi connectivity index (χ1n) is 5.96. The van der Waals surface area contributed by atoms with Gasteiger partial charge in [0.1, 0.15) is 5.78 Å². The normalized spacial score (nSPS) is 22.4. The minimum absolute atomic E-state index is 0.414. The van der Waals surface area contributed by atoms with Crippen molar-refractivity contribution in [2.45, 2.75) is 38.5 Å². The van der Waals surface area contributed by atoms with Crippen LogP contribution in [-0.2, 0) is 17.6 Å². The van der Waals surface area contributed by atoms with Crippen LogP contribution in [0.5, 0.6) is 0 Å². The average molecular weight is 279 g/mol. The molecule has 0 saturated heterocycles. The predicted octanol–water partition coefficient (Wildman–Crippen LogP) is 3.68. The molecule has 1 spiro atoms. The van der Waals surface area contributed by atoms with Crippen LogP contribution in [-0.4, -0.2) is 5.78 Å². The molecule has 0 bridgehead atoms. The SMILES string of the molecule is O=C1CCC2(CC1)Cc1ccc(Br)cc1C2. The standard InChI is InChI=1S/C14H15BrO/c15-12-2-1-10-8-14(9-11(10)7-12)5-3-13(16)4-6-14/h1-2,7H,3-6,8-9H2. The molecular formula is C14H15BrO. The fourth-order valence-corrected chi connectivity index (χ4v) is 3.62. The van der Waals surface area contributed by atoms with Gasteiger partial charge < -0.3 is 0 Å². The van der Waals surface area contributed by atoms with E-state index in [-0.39, 0.29) is 0 Å². The van der Waals surface area contributed by atoms with Crippen molar-refractivity contribution < 1.29 is 4.79 Å². The molecule has 0 aromatic heterocycles. The summed E-state index contributed by atoms with van der Waals surface area (Å²) < 4.78 is 1.18. The van der Waals surface area contributed by atoms with E-state index in [0.717, 1.165) is 25.7 Å². The van der Waals surface area contributed by atoms with Gasteiger partial charge in [-0.15, -0.1) is 0 Å². The van der Waals surface area contributed by atoms with Crippen molar-refractivity contribution in [3.05, 3.63) is 33.8 Å². The van der Waals surface area contributed by atoms with E-state index in [4.69, 9.17) is 0 Å². The monoisotopic (exact) mass is 278 g/mol. The van der Waals surface area contributed by atoms with Gasteiger partial charge in [-0.3, -0.25) is 4.79 Å². The van der Waals surface area contributed by atoms with Gasteiger partial charge in [0, 0.05) is 17.3 Å². The summed E-state index contributed by atoms with van der Waals surface area (Å²) in [5.41, 5.74) is 3.40. The summed E-state index contributed by atoms with van der Waals surface area (Å²) in [6, 6.07) is 6.62. The number of carbonyl (C=O) groups is 1. The molecule has 2 aliphatic rings. The Bertz CT molecular complexity index is 440. The molecule has 0 aliphatic heterocycles. The second kappa shape index (κ2) is 3.69. The Kier molecular flexibility index (Phi) is 2.43. The molecule has 0 radical (unpaired) electrons. The smallest absolute Gasteiger partial charge is 0.132 e. The van der Waals surface area contributed by atoms with Crippen LogP contribution >= 0.6 is 15.9 Å². The first-order valence-corrected chi connectivity index (χ1v) is 6.75. The molecule has 1 aromatic carbocycles. The molecule has 0 heterocycles. The van der Waals surface area contributed by atoms with E-state index in [0.29, 0.717) is 11.2 Å². The van der Waals surface area contributed by atoms with Gasteiger partial charge >= 0.3 is 0 Å². The molecule has 0 amide bonds. The van der Waals surface area contributed by atoms with Crippen LogP contribution in [0.3, 0.4) is 0 Å². The number of fused-ring (bicyclic) bond motifs is 1. The molecule has 1 nitrogen and oxygen atoms in total. The van der Waals surface area contributed by atoms with E-state index in [1.54, 1.807) is 0 Å². The van der Waals surface area contributed by atoms with Crippen molar-refractivity contribution >= 4 is 21.7 Å². The Labute approximate surface area is 104 Å². The number of hydrogen-bond acceptors (Lipinski definition) is 1. The van der Waals surface area contributed by atoms with Gasteiger partial charge in [-0.05, 0) is 54.4 Å². The van der Waals surface area contributed by atoms with Gasteiger partial charge in [-0.25, -0.2) is 0 Å². The van der Waals surface area contributed by atoms with Crippen LogP contribution in [0.15, 0.2) is 22.7 Å². The molecule has 3 rings (SSSR count). The van der Waals surface area contributed by atoms with Crippen LogP contribution in [0.1, 0.15) is 36.8 Å². The summed E-state index contributed by atoms with van der Waals surface area (Å²) in [4.78, 5) is 11.3. The van der Waals surface area contributed by atoms with E-state index in [9.17, 15) is 4.79 Å². The summed E-state index contributed by atoms with van der Waals surface area (Å²) in [7, 11) is 0. The Hall–Kier alpha value is -0.630. The minimum atomic E-state index is 0.414. The summed E-state index contributed by atoms with van der Waals surface area (Å²) >= 11 is 3.53. The summed E-state index contributed by atoms with van der Waals surface area (Å²) in [5.74, 6) is 0.461. The zero-order valence-electron chi connectivity index (χ0n) is 9.26. The van der Waals surface area contributed by atoms with Crippen molar-refractivity contribution in [2.24, 2.45) is 5.41 Å². The lowest BCUT2D eigenvalue weighted by atomic mass is 9.72. The molecule has 0 N–H and O–H groups in total. The van der Waals surface area contributed by atoms with E-state index in [2.05, 4.69) is 34.1 Å². The molecule has 1 fully saturated rings. The molecule has 16 heavy (non-hydrogen) atoms. The molecular weight excluding hydrogens is 264 g/mol. The van der Waals surface area contributed by atoms with E-state index >= 15 is 0 Å². The second-order valence-electron chi connectivity index (χ2n) is 5.31. The van der Waals surface area contributed by atoms with Crippen LogP contribution in [0.4, 0.5) is 0 Å². The van der Waals surface area contributed by atoms with Crippen molar-refractivity contribution in [3.63, 3.8) is 0 Å². The van der Waals surface area contributed by atoms with Crippen molar-refractivity contribution in [1.82, 2.24) is 0 Å². The molecule has 2 aliphatic carbocycles. The number of ketones is 1. The molecule has 0 unspecified atom stereocenters. The molecule has 2 heteroatoms. The number of benzene rings is 1. The molecule has 0 atom stereocenters. The van der Waals surface area contributed by atoms with Crippen molar-refractivity contribution in [1.29, 1.82) is 0 Å². The summed E-state index contributed by atoms with van der Waals surface area (Å²) in [6.45, 7) is 0. The number of halogens is 1. The Morgan fingerprint density at radius 3 is 2.50 bits per heavy atom. The van der Waals surface area contributed by atoms with Gasteiger partial charge in [0.2, 0.25) is 0 Å². The van der Waals surface area contributed by atoms with E-state index in [1.807, 2.05) is 0 Å². The Morgan fingerprint density at radius 1 is 1.06 bits per heavy atom. The Balaban J connectivity index is 1.87. The number of hydrogen-bond donors (Lipinski definition) is 0. The highest BCUT2D eigenvalue weighted by Gasteiger charge is 2.39. The number of carbonyl (C=O) groups excluding carboxylic acids is 1. The van der Waals surface area contributed by atoms with Crippen molar-refractivity contribution in [2.75, 3.05) is 0 Å². The molecule has 1 aromatic rings. The van der Waals surface area contributed by atoms with E-state index in [1.165, 1.54) is 28.4 Å². The van der Waals surface area contributed by atoms with Gasteiger partial charge in [-0.1, -0.05) is 22.0 Å². The second-order valence-corrected chi connectivity index (χ2v) is 6.22. The van der Waals surface area contributed by atoms with Crippen LogP contribution in [0, 0.1) is 5.41 Å². The quantitative estimate of drug-likeness (QED) is 0.708. The van der Waals surface area contributed by atoms with E-state index < -0.39 is 0 Å². The van der Waals surface area contributed by atoms with Crippen LogP contribution in [0.2, 0.25) is 0 Å². The van der Waals surface area contributed by atoms with Crippen LogP contribution in [0.25, 0.3) is 0 Å². The van der Waals surface area contributed by atoms with Gasteiger partial charge in [0.15, 0.2) is 0 Å². The summed E-state index contributed by atoms with van der Waals surface area (Å²) in [5, 5.41) is 0. The maximum atomic E-state index is 11.3. The summed E-state index contributed by atoms with van der Waals surface area (Å²) in [6.07, 6.45) is 6.15. The zero-order valence-corrected chi connectivity index (χ0v) is 10.8. The zero-order chi connectivity index (χ0) is 11.2. The third-order valence-electron chi connectivity index (χ3n) is 4.17. The minimum Gasteiger partial charge on any atom is -0.300 e. The highest BCUT2D eigenvalue weighted by molar-refractivity contribution is 9.10. The maximum Gasteiger partial charge on any atom is 0.132 e. The molecule has 84 valence electrons. The lowest BCUT2D eigenvalue weighted by Crippen LogP contribution is -2.28. The predicted molar refractivity (Wildman–Crippen MR) is 67.5 cm³/mol. The highest BCUT2D eigenvalue weighted by atomic mass is 79.9. The first-order chi connectivity index (χ1) is 7.67. The molecule has 1 saturated carbocycles. The van der Waals surface area contributed by atoms with Crippen molar-refractivity contribution in [3.8, 4) is 0 Å². The third-order valence-corrected chi connectivity index (χ3v) is 4.66. The number of Topliss-reactive ketones (excluding diaryl/α,β-unsaturated/α-hetero) is 1. The fraction of sp³-hybridized carbons (Fsp3) is 0.500. The van der Waals surface area contributed by atoms with Gasteiger partial charge in [0.25, 0.3) is 0 Å². The fourth-order valence-electron chi connectivity index (χ4n) is 3.21. The average Bonchev–Trinajstić information content (AvgIpc) is 2.60. The van der Waals surface area contributed by atoms with Crippen LogP contribution < -0.4 is 0 Å². The topological polar surface area (TPSA) is 17.1 Å². The van der Waals surface area contributed by atoms with Gasteiger partial charge in [0.05, 0.1) is 0 Å². The number of rotatable bonds is 0. The first kappa shape index (κ1) is 10.5. The largest absolute Gasteiger partial charge is 0.300 e. The maximum absolute atomic E-state index is 11.3.